The van der Waals surface area contributed by atoms with Gasteiger partial charge in [0.1, 0.15) is 0 Å². The van der Waals surface area contributed by atoms with E-state index in [1.807, 2.05) is 44.1 Å². The smallest absolute Gasteiger partial charge is 0.269 e. The van der Waals surface area contributed by atoms with Crippen LogP contribution in [-0.4, -0.2) is 35.8 Å². The van der Waals surface area contributed by atoms with Crippen LogP contribution in [0.15, 0.2) is 30.0 Å². The van der Waals surface area contributed by atoms with Crippen molar-refractivity contribution in [2.45, 2.75) is 60.9 Å². The molecule has 0 atom stereocenters. The van der Waals surface area contributed by atoms with Crippen LogP contribution >= 0.6 is 11.9 Å². The van der Waals surface area contributed by atoms with Gasteiger partial charge in [-0.3, -0.25) is 9.80 Å². The predicted molar refractivity (Wildman–Crippen MR) is 124 cm³/mol. The minimum atomic E-state index is 0.121. The van der Waals surface area contributed by atoms with E-state index in [9.17, 15) is 4.79 Å². The first-order valence-corrected chi connectivity index (χ1v) is 11.5. The molecule has 0 saturated heterocycles. The third-order valence-electron chi connectivity index (χ3n) is 4.73. The van der Waals surface area contributed by atoms with Crippen LogP contribution in [0.2, 0.25) is 0 Å². The van der Waals surface area contributed by atoms with E-state index in [0.29, 0.717) is 6.54 Å². The predicted octanol–water partition coefficient (Wildman–Crippen LogP) is 5.80. The van der Waals surface area contributed by atoms with Crippen LogP contribution in [0.1, 0.15) is 74.5 Å². The molecule has 156 valence electrons. The highest BCUT2D eigenvalue weighted by Gasteiger charge is 2.31. The van der Waals surface area contributed by atoms with Crippen molar-refractivity contribution in [3.8, 4) is 0 Å². The minimum absolute atomic E-state index is 0.121. The second kappa shape index (κ2) is 12.0. The minimum Gasteiger partial charge on any atom is -0.334 e. The van der Waals surface area contributed by atoms with E-state index in [1.54, 1.807) is 11.9 Å². The van der Waals surface area contributed by atoms with E-state index in [-0.39, 0.29) is 5.91 Å². The number of amides is 1. The summed E-state index contributed by atoms with van der Waals surface area (Å²) in [6.07, 6.45) is 8.35. The topological polar surface area (TPSA) is 35.6 Å². The second-order valence-corrected chi connectivity index (χ2v) is 7.26. The molecule has 0 fully saturated rings. The average molecular weight is 404 g/mol. The number of fused-ring (bicyclic) bond motifs is 1. The number of nitrogens with one attached hydrogen (secondary N) is 1. The number of rotatable bonds is 8. The number of allylic oxidation sites excluding steroid dienone is 4. The maximum atomic E-state index is 12.8. The number of carbonyl (C=O) groups is 1. The molecule has 28 heavy (non-hydrogen) atoms. The maximum absolute atomic E-state index is 12.8. The lowest BCUT2D eigenvalue weighted by Crippen LogP contribution is -2.40. The van der Waals surface area contributed by atoms with E-state index >= 15 is 0 Å². The number of hydrogen-bond acceptors (Lipinski definition) is 4. The fraction of sp³-hybridized carbons (Fsp3) is 0.522. The monoisotopic (exact) mass is 403 g/mol. The summed E-state index contributed by atoms with van der Waals surface area (Å²) < 4.78 is 3.34. The van der Waals surface area contributed by atoms with Crippen LogP contribution in [0.5, 0.6) is 0 Å². The van der Waals surface area contributed by atoms with Crippen molar-refractivity contribution in [1.82, 2.24) is 14.7 Å². The second-order valence-electron chi connectivity index (χ2n) is 6.64. The zero-order valence-corrected chi connectivity index (χ0v) is 19.7. The first-order chi connectivity index (χ1) is 13.5. The van der Waals surface area contributed by atoms with Crippen molar-refractivity contribution >= 4 is 23.4 Å². The maximum Gasteiger partial charge on any atom is 0.269 e. The van der Waals surface area contributed by atoms with Crippen molar-refractivity contribution < 1.29 is 4.79 Å². The normalized spacial score (nSPS) is 14.2. The fourth-order valence-electron chi connectivity index (χ4n) is 3.40. The summed E-state index contributed by atoms with van der Waals surface area (Å²) in [4.78, 5) is 12.8. The quantitative estimate of drug-likeness (QED) is 0.439. The molecule has 2 rings (SSSR count). The lowest BCUT2D eigenvalue weighted by atomic mass is 9.95. The molecule has 5 heteroatoms. The summed E-state index contributed by atoms with van der Waals surface area (Å²) in [6.45, 7) is 13.9. The summed E-state index contributed by atoms with van der Waals surface area (Å²) in [5, 5.41) is 3.90. The molecule has 0 unspecified atom stereocenters. The fourth-order valence-corrected chi connectivity index (χ4v) is 3.86. The van der Waals surface area contributed by atoms with Gasteiger partial charge in [-0.2, -0.15) is 0 Å². The summed E-state index contributed by atoms with van der Waals surface area (Å²) in [5.41, 5.74) is 6.60. The van der Waals surface area contributed by atoms with E-state index in [1.165, 1.54) is 16.8 Å². The molecule has 0 radical (unpaired) electrons. The standard InChI is InChI=1S/C21H31N3OS.C2H6/c1-7-10-23(5)24-14-18-12-17(11-15(4)20(18)21(24)25)16(8-2)13-19(9-3)22-26-6;1-2/h8,11-13,22H,7,9-10,14H2,1-6H3;1-2H3/b16-8+,19-13+;. The van der Waals surface area contributed by atoms with Crippen LogP contribution < -0.4 is 4.72 Å². The summed E-state index contributed by atoms with van der Waals surface area (Å²) in [6, 6.07) is 4.32. The molecule has 0 bridgehead atoms. The number of hydrogen-bond donors (Lipinski definition) is 1. The largest absolute Gasteiger partial charge is 0.334 e. The Balaban J connectivity index is 0.00000190. The molecule has 1 aliphatic heterocycles. The van der Waals surface area contributed by atoms with E-state index in [2.05, 4.69) is 49.8 Å². The lowest BCUT2D eigenvalue weighted by molar-refractivity contribution is 0.00764. The van der Waals surface area contributed by atoms with Gasteiger partial charge in [0.05, 0.1) is 6.54 Å². The summed E-state index contributed by atoms with van der Waals surface area (Å²) in [5.74, 6) is 0.121. The van der Waals surface area contributed by atoms with Gasteiger partial charge in [-0.15, -0.1) is 0 Å². The van der Waals surface area contributed by atoms with Gasteiger partial charge in [0, 0.05) is 31.1 Å². The van der Waals surface area contributed by atoms with Crippen molar-refractivity contribution in [2.75, 3.05) is 19.8 Å². The van der Waals surface area contributed by atoms with Gasteiger partial charge in [0.25, 0.3) is 5.91 Å². The van der Waals surface area contributed by atoms with E-state index in [0.717, 1.165) is 36.1 Å². The summed E-state index contributed by atoms with van der Waals surface area (Å²) in [7, 11) is 1.99. The molecule has 1 aromatic carbocycles. The SMILES string of the molecule is C/C=C(\C=C(/CC)NSC)c1cc(C)c2c(c1)CN(N(C)CCC)C2=O.CC. The van der Waals surface area contributed by atoms with E-state index in [4.69, 9.17) is 0 Å². The molecule has 0 spiro atoms. The third-order valence-corrected chi connectivity index (χ3v) is 5.20. The first-order valence-electron chi connectivity index (χ1n) is 10.3. The Kier molecular flexibility index (Phi) is 10.4. The van der Waals surface area contributed by atoms with Gasteiger partial charge < -0.3 is 4.72 Å². The number of benzene rings is 1. The Hall–Kier alpha value is -1.72. The highest BCUT2D eigenvalue weighted by Crippen LogP contribution is 2.31. The molecule has 1 amide bonds. The lowest BCUT2D eigenvalue weighted by Gasteiger charge is -2.27. The number of aryl methyl sites for hydroxylation is 1. The zero-order chi connectivity index (χ0) is 21.3. The number of hydrazine groups is 1. The Bertz CT molecular complexity index is 725. The van der Waals surface area contributed by atoms with Crippen molar-refractivity contribution in [3.63, 3.8) is 0 Å². The van der Waals surface area contributed by atoms with Crippen molar-refractivity contribution in [2.24, 2.45) is 0 Å². The Labute approximate surface area is 176 Å². The van der Waals surface area contributed by atoms with Crippen LogP contribution in [0.4, 0.5) is 0 Å². The van der Waals surface area contributed by atoms with Crippen molar-refractivity contribution in [1.29, 1.82) is 0 Å². The van der Waals surface area contributed by atoms with E-state index < -0.39 is 0 Å². The number of nitrogens with zero attached hydrogens (tertiary/aromatic N) is 2. The third kappa shape index (κ3) is 5.65. The molecule has 4 nitrogen and oxygen atoms in total. The molecule has 0 aromatic heterocycles. The molecule has 1 aliphatic rings. The molecule has 1 aromatic rings. The van der Waals surface area contributed by atoms with Crippen LogP contribution in [-0.2, 0) is 6.54 Å². The van der Waals surface area contributed by atoms with Crippen LogP contribution in [0.3, 0.4) is 0 Å². The average Bonchev–Trinajstić information content (AvgIpc) is 3.04. The molecule has 0 saturated carbocycles. The highest BCUT2D eigenvalue weighted by atomic mass is 32.2. The Morgan fingerprint density at radius 2 is 2.00 bits per heavy atom. The molecule has 0 aliphatic carbocycles. The van der Waals surface area contributed by atoms with Gasteiger partial charge in [0.2, 0.25) is 0 Å². The van der Waals surface area contributed by atoms with Gasteiger partial charge >= 0.3 is 0 Å². The highest BCUT2D eigenvalue weighted by molar-refractivity contribution is 7.96. The summed E-state index contributed by atoms with van der Waals surface area (Å²) >= 11 is 1.61. The molecular formula is C23H37N3OS. The zero-order valence-electron chi connectivity index (χ0n) is 18.8. The Morgan fingerprint density at radius 1 is 1.32 bits per heavy atom. The number of carbonyl (C=O) groups excluding carboxylic acids is 1. The van der Waals surface area contributed by atoms with Gasteiger partial charge in [-0.1, -0.05) is 51.8 Å². The van der Waals surface area contributed by atoms with Crippen molar-refractivity contribution in [3.05, 3.63) is 52.2 Å². The Morgan fingerprint density at radius 3 is 2.54 bits per heavy atom. The molecule has 1 heterocycles. The van der Waals surface area contributed by atoms with Gasteiger partial charge in [-0.25, -0.2) is 5.01 Å². The van der Waals surface area contributed by atoms with Gasteiger partial charge in [-0.05, 0) is 61.1 Å². The molecular weight excluding hydrogens is 366 g/mol. The van der Waals surface area contributed by atoms with Crippen LogP contribution in [0.25, 0.3) is 5.57 Å². The molecule has 1 N–H and O–H groups in total. The first kappa shape index (κ1) is 24.3. The van der Waals surface area contributed by atoms with Crippen LogP contribution in [0, 0.1) is 6.92 Å². The van der Waals surface area contributed by atoms with Gasteiger partial charge in [0.15, 0.2) is 0 Å².